The first-order chi connectivity index (χ1) is 33.1. The van der Waals surface area contributed by atoms with Gasteiger partial charge in [-0.2, -0.15) is 0 Å². The van der Waals surface area contributed by atoms with Crippen LogP contribution in [0.3, 0.4) is 0 Å². The zero-order chi connectivity index (χ0) is 49.2. The van der Waals surface area contributed by atoms with Gasteiger partial charge in [0, 0.05) is 53.3 Å². The summed E-state index contributed by atoms with van der Waals surface area (Å²) in [6.45, 7) is 11.9. The van der Waals surface area contributed by atoms with Gasteiger partial charge in [0.05, 0.1) is 45.0 Å². The largest absolute Gasteiger partial charge is 0.391 e. The van der Waals surface area contributed by atoms with Crippen LogP contribution >= 0.6 is 22.7 Å². The highest BCUT2D eigenvalue weighted by molar-refractivity contribution is 7.17. The van der Waals surface area contributed by atoms with Crippen LogP contribution in [0.1, 0.15) is 116 Å². The van der Waals surface area contributed by atoms with Crippen molar-refractivity contribution in [2.75, 3.05) is 23.7 Å². The number of thiazole rings is 1. The number of hydrogen-bond donors (Lipinski definition) is 6. The molecule has 4 atom stereocenters. The Balaban J connectivity index is 0.858. The van der Waals surface area contributed by atoms with Crippen molar-refractivity contribution in [1.82, 2.24) is 30.8 Å². The summed E-state index contributed by atoms with van der Waals surface area (Å²) >= 11 is 3.07. The fourth-order valence-corrected chi connectivity index (χ4v) is 10.2. The molecule has 3 aromatic carbocycles. The van der Waals surface area contributed by atoms with E-state index >= 15 is 0 Å². The molecule has 1 aliphatic heterocycles. The van der Waals surface area contributed by atoms with Gasteiger partial charge in [0.15, 0.2) is 5.82 Å². The molecule has 16 heteroatoms. The number of aliphatic hydroxyl groups excluding tert-OH is 1. The number of aliphatic hydroxyl groups is 1. The molecule has 3 aromatic heterocycles. The van der Waals surface area contributed by atoms with Gasteiger partial charge in [-0.25, -0.2) is 9.97 Å². The second-order valence-electron chi connectivity index (χ2n) is 18.8. The minimum Gasteiger partial charge on any atom is -0.391 e. The van der Waals surface area contributed by atoms with Gasteiger partial charge in [0.2, 0.25) is 17.7 Å². The summed E-state index contributed by atoms with van der Waals surface area (Å²) in [5.74, 6) is -1.21. The van der Waals surface area contributed by atoms with E-state index in [4.69, 9.17) is 0 Å². The molecular weight excluding hydrogens is 909 g/mol. The number of carbonyl (C=O) groups excluding carboxylic acids is 5. The number of para-hydroxylation sites is 1. The van der Waals surface area contributed by atoms with E-state index in [0.717, 1.165) is 68.7 Å². The van der Waals surface area contributed by atoms with Crippen LogP contribution in [0.5, 0.6) is 0 Å². The van der Waals surface area contributed by atoms with Crippen molar-refractivity contribution < 1.29 is 29.1 Å². The number of thiophene rings is 1. The number of pyridine rings is 1. The molecular formula is C53H62N8O6S2. The van der Waals surface area contributed by atoms with Crippen LogP contribution in [0.4, 0.5) is 17.2 Å². The van der Waals surface area contributed by atoms with Gasteiger partial charge in [-0.15, -0.1) is 22.7 Å². The minimum absolute atomic E-state index is 0.000723. The van der Waals surface area contributed by atoms with Crippen LogP contribution in [-0.4, -0.2) is 80.8 Å². The van der Waals surface area contributed by atoms with E-state index in [2.05, 4.69) is 36.6 Å². The Labute approximate surface area is 411 Å². The van der Waals surface area contributed by atoms with Gasteiger partial charge in [0.25, 0.3) is 11.8 Å². The van der Waals surface area contributed by atoms with Crippen molar-refractivity contribution in [2.24, 2.45) is 5.41 Å². The third-order valence-electron chi connectivity index (χ3n) is 12.4. The average molecular weight is 971 g/mol. The molecule has 0 unspecified atom stereocenters. The first-order valence-electron chi connectivity index (χ1n) is 23.5. The predicted octanol–water partition coefficient (Wildman–Crippen LogP) is 9.47. The summed E-state index contributed by atoms with van der Waals surface area (Å²) in [5.41, 5.74) is 7.12. The molecule has 0 spiro atoms. The standard InChI is InChI=1S/C53H62N8O6S2/c1-32-16-11-13-18-41(32)58-48-42(59-50(65)40-30-68-44-19-14-12-17-39(40)44)26-37(28-55-48)49(64)54-25-15-9-7-8-10-20-45(63)60-47(53(4,5)6)52(67)61-29-38(62)27-43(61)51(66)57-33(2)35-21-23-36(24-22-35)46-34(3)56-31-69-46/h11-14,16-19,21-24,26,28,30-31,33,38,43,47,62H,7-10,15,20,25,27,29H2,1-6H3,(H,54,64)(H,55,58)(H,57,66)(H,59,65)(H,60,63)/t33-,38+,43-,47+/m0/s1. The highest BCUT2D eigenvalue weighted by Gasteiger charge is 2.44. The van der Waals surface area contributed by atoms with Crippen LogP contribution in [0.25, 0.3) is 20.5 Å². The van der Waals surface area contributed by atoms with Crippen LogP contribution in [-0.2, 0) is 14.4 Å². The lowest BCUT2D eigenvalue weighted by Gasteiger charge is -2.35. The van der Waals surface area contributed by atoms with Crippen LogP contribution in [0, 0.1) is 19.3 Å². The predicted molar refractivity (Wildman–Crippen MR) is 275 cm³/mol. The number of hydrogen-bond acceptors (Lipinski definition) is 11. The molecule has 14 nitrogen and oxygen atoms in total. The van der Waals surface area contributed by atoms with E-state index in [-0.39, 0.29) is 49.1 Å². The van der Waals surface area contributed by atoms with Crippen molar-refractivity contribution in [3.63, 3.8) is 0 Å². The van der Waals surface area contributed by atoms with Crippen molar-refractivity contribution >= 4 is 79.5 Å². The van der Waals surface area contributed by atoms with Crippen molar-refractivity contribution in [3.8, 4) is 10.4 Å². The molecule has 7 rings (SSSR count). The molecule has 4 heterocycles. The Morgan fingerprint density at radius 2 is 1.57 bits per heavy atom. The highest BCUT2D eigenvalue weighted by atomic mass is 32.1. The van der Waals surface area contributed by atoms with Crippen molar-refractivity contribution in [2.45, 2.75) is 111 Å². The summed E-state index contributed by atoms with van der Waals surface area (Å²) in [4.78, 5) is 79.4. The number of carbonyl (C=O) groups is 5. The molecule has 6 aromatic rings. The number of nitrogens with zero attached hydrogens (tertiary/aromatic N) is 3. The quantitative estimate of drug-likeness (QED) is 0.0429. The van der Waals surface area contributed by atoms with Gasteiger partial charge < -0.3 is 36.6 Å². The van der Waals surface area contributed by atoms with Crippen molar-refractivity contribution in [3.05, 3.63) is 124 Å². The first kappa shape index (κ1) is 50.4. The Kier molecular flexibility index (Phi) is 16.6. The smallest absolute Gasteiger partial charge is 0.257 e. The van der Waals surface area contributed by atoms with E-state index in [1.165, 1.54) is 22.4 Å². The third-order valence-corrected chi connectivity index (χ3v) is 14.4. The Morgan fingerprint density at radius 3 is 2.30 bits per heavy atom. The normalized spacial score (nSPS) is 15.6. The van der Waals surface area contributed by atoms with E-state index in [0.29, 0.717) is 35.6 Å². The lowest BCUT2D eigenvalue weighted by atomic mass is 9.85. The number of nitrogens with one attached hydrogen (secondary N) is 5. The maximum absolute atomic E-state index is 14.1. The average Bonchev–Trinajstić information content (AvgIpc) is 4.08. The number of anilines is 3. The molecule has 0 aliphatic carbocycles. The molecule has 5 amide bonds. The summed E-state index contributed by atoms with van der Waals surface area (Å²) in [6, 6.07) is 22.9. The molecule has 0 bridgehead atoms. The van der Waals surface area contributed by atoms with E-state index < -0.39 is 29.5 Å². The third kappa shape index (κ3) is 12.8. The second kappa shape index (κ2) is 22.7. The summed E-state index contributed by atoms with van der Waals surface area (Å²) in [6.07, 6.45) is 4.75. The van der Waals surface area contributed by atoms with Gasteiger partial charge in [-0.3, -0.25) is 24.0 Å². The van der Waals surface area contributed by atoms with Gasteiger partial charge >= 0.3 is 0 Å². The minimum atomic E-state index is -0.904. The molecule has 1 saturated heterocycles. The zero-order valence-corrected chi connectivity index (χ0v) is 41.7. The SMILES string of the molecule is Cc1ccccc1Nc1ncc(C(=O)NCCCCCCCC(=O)N[C@H](C(=O)N2C[C@H](O)C[C@H]2C(=O)N[C@@H](C)c2ccc(-c3scnc3C)cc2)C(C)(C)C)cc1NC(=O)c1csc2ccccc12. The lowest BCUT2D eigenvalue weighted by Crippen LogP contribution is -2.57. The van der Waals surface area contributed by atoms with Gasteiger partial charge in [-0.05, 0) is 73.9 Å². The highest BCUT2D eigenvalue weighted by Crippen LogP contribution is 2.32. The number of benzene rings is 3. The fraction of sp³-hybridized carbons (Fsp3) is 0.377. The number of β-amino-alcohol motifs (C(OH)–C–C–N with tert-alkyl or cyclic N) is 1. The molecule has 362 valence electrons. The Hall–Kier alpha value is -6.49. The number of likely N-dealkylation sites (tertiary alicyclic amines) is 1. The molecule has 6 N–H and O–H groups in total. The van der Waals surface area contributed by atoms with Crippen LogP contribution in [0.15, 0.2) is 96.0 Å². The van der Waals surface area contributed by atoms with Gasteiger partial charge in [-0.1, -0.05) is 101 Å². The topological polar surface area (TPSA) is 195 Å². The summed E-state index contributed by atoms with van der Waals surface area (Å²) in [5, 5.41) is 28.6. The lowest BCUT2D eigenvalue weighted by molar-refractivity contribution is -0.144. The Bertz CT molecular complexity index is 2780. The maximum atomic E-state index is 14.1. The van der Waals surface area contributed by atoms with Crippen LogP contribution in [0.2, 0.25) is 0 Å². The van der Waals surface area contributed by atoms with Crippen molar-refractivity contribution in [1.29, 1.82) is 0 Å². The summed E-state index contributed by atoms with van der Waals surface area (Å²) < 4.78 is 1.00. The number of amides is 5. The molecule has 0 radical (unpaired) electrons. The molecule has 1 aliphatic rings. The maximum Gasteiger partial charge on any atom is 0.257 e. The van der Waals surface area contributed by atoms with E-state index in [1.807, 2.05) is 125 Å². The second-order valence-corrected chi connectivity index (χ2v) is 20.6. The number of aromatic nitrogens is 2. The molecule has 0 saturated carbocycles. The fourth-order valence-electron chi connectivity index (χ4n) is 8.46. The number of aryl methyl sites for hydroxylation is 2. The summed E-state index contributed by atoms with van der Waals surface area (Å²) in [7, 11) is 0. The Morgan fingerprint density at radius 1 is 0.841 bits per heavy atom. The number of rotatable bonds is 19. The van der Waals surface area contributed by atoms with Gasteiger partial charge in [0.1, 0.15) is 12.1 Å². The van der Waals surface area contributed by atoms with E-state index in [1.54, 1.807) is 17.4 Å². The number of unbranched alkanes of at least 4 members (excludes halogenated alkanes) is 4. The molecule has 1 fully saturated rings. The first-order valence-corrected chi connectivity index (χ1v) is 25.3. The van der Waals surface area contributed by atoms with E-state index in [9.17, 15) is 29.1 Å². The number of fused-ring (bicyclic) bond motifs is 1. The zero-order valence-electron chi connectivity index (χ0n) is 40.1. The van der Waals surface area contributed by atoms with Crippen LogP contribution < -0.4 is 26.6 Å². The molecule has 69 heavy (non-hydrogen) atoms. The monoisotopic (exact) mass is 970 g/mol.